The molecule has 7 heteroatoms. The molecular weight excluding hydrogens is 483 g/mol. The number of benzene rings is 3. The van der Waals surface area contributed by atoms with E-state index in [0.29, 0.717) is 12.5 Å². The van der Waals surface area contributed by atoms with Crippen molar-refractivity contribution in [3.05, 3.63) is 83.4 Å². The lowest BCUT2D eigenvalue weighted by Crippen LogP contribution is -2.40. The number of nitrogens with zero attached hydrogens (tertiary/aromatic N) is 1. The lowest BCUT2D eigenvalue weighted by molar-refractivity contribution is 0.0592. The Bertz CT molecular complexity index is 1040. The van der Waals surface area contributed by atoms with E-state index >= 15 is 0 Å². The van der Waals surface area contributed by atoms with E-state index in [1.807, 2.05) is 56.3 Å². The van der Waals surface area contributed by atoms with Crippen LogP contribution in [0.4, 0.5) is 5.69 Å². The molecule has 4 rings (SSSR count). The van der Waals surface area contributed by atoms with E-state index in [1.54, 1.807) is 0 Å². The van der Waals surface area contributed by atoms with Gasteiger partial charge in [0.2, 0.25) is 0 Å². The average molecular weight is 520 g/mol. The molecule has 5 nitrogen and oxygen atoms in total. The minimum Gasteiger partial charge on any atom is -0.491 e. The maximum atomic E-state index is 10.5. The van der Waals surface area contributed by atoms with Crippen LogP contribution >= 0.6 is 24.8 Å². The van der Waals surface area contributed by atoms with Gasteiger partial charge in [-0.1, -0.05) is 30.3 Å². The molecule has 190 valence electrons. The second-order valence-corrected chi connectivity index (χ2v) is 8.93. The van der Waals surface area contributed by atoms with Crippen LogP contribution in [0.2, 0.25) is 0 Å². The molecule has 3 aromatic carbocycles. The largest absolute Gasteiger partial charge is 0.491 e. The second kappa shape index (κ2) is 13.6. The van der Waals surface area contributed by atoms with Crippen molar-refractivity contribution in [1.82, 2.24) is 4.90 Å². The molecule has 0 amide bonds. The Morgan fingerprint density at radius 2 is 1.51 bits per heavy atom. The molecule has 0 saturated carbocycles. The Morgan fingerprint density at radius 3 is 2.17 bits per heavy atom. The smallest absolute Gasteiger partial charge is 0.127 e. The van der Waals surface area contributed by atoms with Crippen molar-refractivity contribution >= 4 is 30.5 Å². The molecule has 0 aromatic heterocycles. The lowest BCUT2D eigenvalue weighted by Gasteiger charge is -2.33. The molecule has 1 atom stereocenters. The topological polar surface area (TPSA) is 68.0 Å². The third-order valence-electron chi connectivity index (χ3n) is 6.60. The highest BCUT2D eigenvalue weighted by Crippen LogP contribution is 2.30. The SMILES string of the molecule is Cc1c(N)ccc(OCC(O)CN2CCC(c3ccc(Oc4ccccc4)cc3)CC2)c1C.Cl.Cl. The quantitative estimate of drug-likeness (QED) is 0.350. The summed E-state index contributed by atoms with van der Waals surface area (Å²) in [4.78, 5) is 2.33. The minimum atomic E-state index is -0.520. The van der Waals surface area contributed by atoms with Gasteiger partial charge < -0.3 is 25.2 Å². The molecule has 1 fully saturated rings. The Kier molecular flexibility index (Phi) is 11.2. The van der Waals surface area contributed by atoms with Crippen LogP contribution in [0.3, 0.4) is 0 Å². The first kappa shape index (κ1) is 28.8. The van der Waals surface area contributed by atoms with Gasteiger partial charge >= 0.3 is 0 Å². The molecule has 1 aliphatic heterocycles. The van der Waals surface area contributed by atoms with Gasteiger partial charge in [-0.2, -0.15) is 0 Å². The monoisotopic (exact) mass is 518 g/mol. The number of aliphatic hydroxyl groups excluding tert-OH is 1. The molecule has 0 radical (unpaired) electrons. The third kappa shape index (κ3) is 7.77. The van der Waals surface area contributed by atoms with Gasteiger partial charge in [0.1, 0.15) is 30.0 Å². The van der Waals surface area contributed by atoms with Crippen molar-refractivity contribution in [3.8, 4) is 17.2 Å². The van der Waals surface area contributed by atoms with Crippen LogP contribution in [0.1, 0.15) is 35.4 Å². The predicted molar refractivity (Wildman–Crippen MR) is 148 cm³/mol. The van der Waals surface area contributed by atoms with Gasteiger partial charge in [-0.05, 0) is 98.8 Å². The summed E-state index contributed by atoms with van der Waals surface area (Å²) in [6, 6.07) is 22.0. The molecule has 35 heavy (non-hydrogen) atoms. The van der Waals surface area contributed by atoms with Gasteiger partial charge in [0, 0.05) is 12.2 Å². The van der Waals surface area contributed by atoms with E-state index in [9.17, 15) is 5.11 Å². The number of nitrogen functional groups attached to an aromatic ring is 1. The number of piperidine rings is 1. The van der Waals surface area contributed by atoms with E-state index in [0.717, 1.165) is 60.0 Å². The second-order valence-electron chi connectivity index (χ2n) is 8.93. The number of halogens is 2. The summed E-state index contributed by atoms with van der Waals surface area (Å²) in [5.41, 5.74) is 10.1. The highest BCUT2D eigenvalue weighted by molar-refractivity contribution is 5.85. The number of β-amino-alcohol motifs (C(OH)–C–C–N with tert-alkyl or cyclic N) is 1. The van der Waals surface area contributed by atoms with Crippen LogP contribution in [0, 0.1) is 13.8 Å². The number of para-hydroxylation sites is 1. The average Bonchev–Trinajstić information content (AvgIpc) is 2.84. The van der Waals surface area contributed by atoms with E-state index in [2.05, 4.69) is 29.2 Å². The van der Waals surface area contributed by atoms with E-state index in [4.69, 9.17) is 15.2 Å². The van der Waals surface area contributed by atoms with Crippen molar-refractivity contribution in [2.45, 2.75) is 38.7 Å². The number of hydrogen-bond acceptors (Lipinski definition) is 5. The number of aliphatic hydroxyl groups is 1. The van der Waals surface area contributed by atoms with Gasteiger partial charge in [-0.25, -0.2) is 0 Å². The molecule has 3 N–H and O–H groups in total. The zero-order valence-corrected chi connectivity index (χ0v) is 22.0. The normalized spacial score (nSPS) is 14.9. The van der Waals surface area contributed by atoms with Crippen LogP contribution in [0.25, 0.3) is 0 Å². The molecule has 1 aliphatic rings. The van der Waals surface area contributed by atoms with Crippen molar-refractivity contribution in [2.75, 3.05) is 32.0 Å². The standard InChI is InChI=1S/C28H34N2O3.2ClH/c1-20-21(2)28(13-12-27(20)29)32-19-24(31)18-30-16-14-23(15-17-30)22-8-10-26(11-9-22)33-25-6-4-3-5-7-25;;/h3-13,23-24,31H,14-19,29H2,1-2H3;2*1H. The summed E-state index contributed by atoms with van der Waals surface area (Å²) in [5, 5.41) is 10.5. The molecule has 1 saturated heterocycles. The van der Waals surface area contributed by atoms with Crippen molar-refractivity contribution in [3.63, 3.8) is 0 Å². The fourth-order valence-corrected chi connectivity index (χ4v) is 4.39. The molecular formula is C28H36Cl2N2O3. The van der Waals surface area contributed by atoms with Gasteiger partial charge in [0.25, 0.3) is 0 Å². The summed E-state index contributed by atoms with van der Waals surface area (Å²) in [5.74, 6) is 3.04. The summed E-state index contributed by atoms with van der Waals surface area (Å²) >= 11 is 0. The molecule has 1 heterocycles. The summed E-state index contributed by atoms with van der Waals surface area (Å²) < 4.78 is 11.8. The fourth-order valence-electron chi connectivity index (χ4n) is 4.39. The van der Waals surface area contributed by atoms with Crippen LogP contribution in [-0.4, -0.2) is 42.4 Å². The van der Waals surface area contributed by atoms with Crippen LogP contribution in [0.5, 0.6) is 17.2 Å². The van der Waals surface area contributed by atoms with Gasteiger partial charge in [0.15, 0.2) is 0 Å². The summed E-state index contributed by atoms with van der Waals surface area (Å²) in [6.45, 7) is 6.85. The number of rotatable bonds is 8. The van der Waals surface area contributed by atoms with E-state index in [1.165, 1.54) is 5.56 Å². The Hall–Kier alpha value is -2.44. The van der Waals surface area contributed by atoms with E-state index < -0.39 is 6.10 Å². The first-order valence-corrected chi connectivity index (χ1v) is 11.7. The van der Waals surface area contributed by atoms with Crippen molar-refractivity contribution in [2.24, 2.45) is 0 Å². The number of likely N-dealkylation sites (tertiary alicyclic amines) is 1. The van der Waals surface area contributed by atoms with Crippen LogP contribution in [0.15, 0.2) is 66.7 Å². The van der Waals surface area contributed by atoms with Gasteiger partial charge in [-0.3, -0.25) is 0 Å². The molecule has 1 unspecified atom stereocenters. The molecule has 0 bridgehead atoms. The Balaban J connectivity index is 0.00000216. The zero-order valence-electron chi connectivity index (χ0n) is 20.4. The highest BCUT2D eigenvalue weighted by Gasteiger charge is 2.22. The Labute approximate surface area is 221 Å². The lowest BCUT2D eigenvalue weighted by atomic mass is 9.89. The zero-order chi connectivity index (χ0) is 23.2. The van der Waals surface area contributed by atoms with E-state index in [-0.39, 0.29) is 31.4 Å². The minimum absolute atomic E-state index is 0. The maximum absolute atomic E-state index is 10.5. The maximum Gasteiger partial charge on any atom is 0.127 e. The predicted octanol–water partition coefficient (Wildman–Crippen LogP) is 6.14. The first-order chi connectivity index (χ1) is 16.0. The van der Waals surface area contributed by atoms with Gasteiger partial charge in [-0.15, -0.1) is 24.8 Å². The number of anilines is 1. The van der Waals surface area contributed by atoms with Gasteiger partial charge in [0.05, 0.1) is 0 Å². The number of ether oxygens (including phenoxy) is 2. The van der Waals surface area contributed by atoms with Crippen molar-refractivity contribution < 1.29 is 14.6 Å². The van der Waals surface area contributed by atoms with Crippen LogP contribution < -0.4 is 15.2 Å². The third-order valence-corrected chi connectivity index (χ3v) is 6.60. The number of nitrogens with two attached hydrogens (primary N) is 1. The number of hydrogen-bond donors (Lipinski definition) is 2. The first-order valence-electron chi connectivity index (χ1n) is 11.7. The summed E-state index contributed by atoms with van der Waals surface area (Å²) in [7, 11) is 0. The summed E-state index contributed by atoms with van der Waals surface area (Å²) in [6.07, 6.45) is 1.65. The molecule has 0 spiro atoms. The Morgan fingerprint density at radius 1 is 0.886 bits per heavy atom. The van der Waals surface area contributed by atoms with Crippen LogP contribution in [-0.2, 0) is 0 Å². The highest BCUT2D eigenvalue weighted by atomic mass is 35.5. The fraction of sp³-hybridized carbons (Fsp3) is 0.357. The molecule has 0 aliphatic carbocycles. The van der Waals surface area contributed by atoms with Crippen molar-refractivity contribution in [1.29, 1.82) is 0 Å². The molecule has 3 aromatic rings.